The molecule has 0 bridgehead atoms. The maximum atomic E-state index is 12.6. The van der Waals surface area contributed by atoms with E-state index in [1.54, 1.807) is 6.07 Å². The van der Waals surface area contributed by atoms with Gasteiger partial charge in [-0.1, -0.05) is 18.2 Å². The Morgan fingerprint density at radius 2 is 2.17 bits per heavy atom. The van der Waals surface area contributed by atoms with Crippen LogP contribution in [0.3, 0.4) is 0 Å². The highest BCUT2D eigenvalue weighted by Gasteiger charge is 2.39. The Morgan fingerprint density at radius 3 is 2.67 bits per heavy atom. The van der Waals surface area contributed by atoms with Crippen LogP contribution in [0.25, 0.3) is 0 Å². The van der Waals surface area contributed by atoms with Crippen LogP contribution >= 0.6 is 0 Å². The molecule has 1 N–H and O–H groups in total. The first kappa shape index (κ1) is 12.9. The van der Waals surface area contributed by atoms with Crippen LogP contribution in [0.2, 0.25) is 0 Å². The van der Waals surface area contributed by atoms with E-state index in [4.69, 9.17) is 0 Å². The minimum atomic E-state index is -4.37. The number of ether oxygens (including phenoxy) is 1. The monoisotopic (exact) mass is 259 g/mol. The summed E-state index contributed by atoms with van der Waals surface area (Å²) in [5.74, 6) is -0.719. The predicted molar refractivity (Wildman–Crippen MR) is 58.0 cm³/mol. The highest BCUT2D eigenvalue weighted by molar-refractivity contribution is 5.78. The van der Waals surface area contributed by atoms with Crippen molar-refractivity contribution in [2.24, 2.45) is 0 Å². The zero-order chi connectivity index (χ0) is 13.3. The lowest BCUT2D eigenvalue weighted by molar-refractivity contribution is -0.145. The topological polar surface area (TPSA) is 38.3 Å². The van der Waals surface area contributed by atoms with Crippen LogP contribution < -0.4 is 5.32 Å². The van der Waals surface area contributed by atoms with Crippen molar-refractivity contribution in [3.8, 4) is 0 Å². The van der Waals surface area contributed by atoms with E-state index < -0.39 is 23.8 Å². The smallest absolute Gasteiger partial charge is 0.416 e. The van der Waals surface area contributed by atoms with Crippen molar-refractivity contribution in [1.82, 2.24) is 5.32 Å². The summed E-state index contributed by atoms with van der Waals surface area (Å²) in [5.41, 5.74) is -0.200. The molecule has 0 unspecified atom stereocenters. The summed E-state index contributed by atoms with van der Waals surface area (Å²) in [5, 5.41) is 2.85. The molecule has 1 saturated heterocycles. The maximum absolute atomic E-state index is 12.6. The van der Waals surface area contributed by atoms with E-state index in [9.17, 15) is 18.0 Å². The fourth-order valence-corrected chi connectivity index (χ4v) is 1.98. The average Bonchev–Trinajstić information content (AvgIpc) is 2.26. The molecule has 2 atom stereocenters. The summed E-state index contributed by atoms with van der Waals surface area (Å²) < 4.78 is 42.3. The number of rotatable bonds is 2. The normalized spacial score (nSPS) is 23.3. The van der Waals surface area contributed by atoms with E-state index in [0.717, 1.165) is 12.1 Å². The van der Waals surface area contributed by atoms with Crippen LogP contribution in [0, 0.1) is 0 Å². The third-order valence-corrected chi connectivity index (χ3v) is 3.06. The molecule has 1 heterocycles. The number of esters is 1. The number of alkyl halides is 3. The minimum Gasteiger partial charge on any atom is -0.468 e. The van der Waals surface area contributed by atoms with Gasteiger partial charge in [-0.05, 0) is 11.6 Å². The van der Waals surface area contributed by atoms with Gasteiger partial charge in [-0.2, -0.15) is 13.2 Å². The van der Waals surface area contributed by atoms with Gasteiger partial charge in [0.05, 0.1) is 12.7 Å². The van der Waals surface area contributed by atoms with E-state index >= 15 is 0 Å². The van der Waals surface area contributed by atoms with Crippen molar-refractivity contribution in [3.05, 3.63) is 35.4 Å². The molecule has 0 radical (unpaired) electrons. The number of carbonyl (C=O) groups excluding carboxylic acids is 1. The van der Waals surface area contributed by atoms with Crippen LogP contribution in [0.15, 0.2) is 24.3 Å². The van der Waals surface area contributed by atoms with E-state index in [0.29, 0.717) is 12.1 Å². The molecule has 0 aromatic heterocycles. The lowest BCUT2D eigenvalue weighted by Gasteiger charge is -2.36. The molecular weight excluding hydrogens is 247 g/mol. The number of methoxy groups -OCH3 is 1. The van der Waals surface area contributed by atoms with Crippen molar-refractivity contribution in [3.63, 3.8) is 0 Å². The second-order valence-electron chi connectivity index (χ2n) is 4.14. The summed E-state index contributed by atoms with van der Waals surface area (Å²) in [4.78, 5) is 11.4. The largest absolute Gasteiger partial charge is 0.468 e. The molecule has 98 valence electrons. The lowest BCUT2D eigenvalue weighted by Crippen LogP contribution is -2.56. The van der Waals surface area contributed by atoms with Gasteiger partial charge in [-0.15, -0.1) is 0 Å². The van der Waals surface area contributed by atoms with Crippen molar-refractivity contribution < 1.29 is 22.7 Å². The Hall–Kier alpha value is -1.56. The number of hydrogen-bond acceptors (Lipinski definition) is 3. The zero-order valence-corrected chi connectivity index (χ0v) is 9.62. The maximum Gasteiger partial charge on any atom is 0.416 e. The van der Waals surface area contributed by atoms with Crippen LogP contribution in [-0.2, 0) is 15.7 Å². The molecule has 1 fully saturated rings. The molecule has 1 aliphatic heterocycles. The van der Waals surface area contributed by atoms with Crippen molar-refractivity contribution in [2.45, 2.75) is 18.1 Å². The van der Waals surface area contributed by atoms with Crippen LogP contribution in [-0.4, -0.2) is 25.7 Å². The van der Waals surface area contributed by atoms with Crippen molar-refractivity contribution in [2.75, 3.05) is 13.7 Å². The Balaban J connectivity index is 2.22. The molecule has 0 saturated carbocycles. The van der Waals surface area contributed by atoms with E-state index in [-0.39, 0.29) is 5.92 Å². The summed E-state index contributed by atoms with van der Waals surface area (Å²) in [6, 6.07) is 4.49. The number of carbonyl (C=O) groups is 1. The first-order valence-corrected chi connectivity index (χ1v) is 5.42. The molecule has 2 rings (SSSR count). The van der Waals surface area contributed by atoms with Crippen LogP contribution in [0.1, 0.15) is 17.0 Å². The lowest BCUT2D eigenvalue weighted by atomic mass is 9.84. The summed E-state index contributed by atoms with van der Waals surface area (Å²) >= 11 is 0. The third kappa shape index (κ3) is 2.33. The van der Waals surface area contributed by atoms with Gasteiger partial charge < -0.3 is 10.1 Å². The standard InChI is InChI=1S/C12H12F3NO2/c1-18-11(17)10-9(6-16-10)7-3-2-4-8(5-7)12(13,14)15/h2-5,9-10,16H,6H2,1H3/t9-,10+/m0/s1. The van der Waals surface area contributed by atoms with Gasteiger partial charge in [0, 0.05) is 12.5 Å². The van der Waals surface area contributed by atoms with Gasteiger partial charge in [0.25, 0.3) is 0 Å². The molecule has 1 aliphatic rings. The van der Waals surface area contributed by atoms with Gasteiger partial charge in [0.2, 0.25) is 0 Å². The van der Waals surface area contributed by atoms with Crippen LogP contribution in [0.5, 0.6) is 0 Å². The molecule has 18 heavy (non-hydrogen) atoms. The second-order valence-corrected chi connectivity index (χ2v) is 4.14. The summed E-state index contributed by atoms with van der Waals surface area (Å²) in [6.07, 6.45) is -4.37. The molecular formula is C12H12F3NO2. The Kier molecular flexibility index (Phi) is 3.30. The predicted octanol–water partition coefficient (Wildman–Crippen LogP) is 1.93. The molecule has 1 aromatic rings. The minimum absolute atomic E-state index is 0.264. The summed E-state index contributed by atoms with van der Waals surface area (Å²) in [6.45, 7) is 0.473. The third-order valence-electron chi connectivity index (χ3n) is 3.06. The molecule has 0 amide bonds. The first-order valence-electron chi connectivity index (χ1n) is 5.42. The first-order chi connectivity index (χ1) is 8.43. The van der Waals surface area contributed by atoms with Gasteiger partial charge in [0.1, 0.15) is 6.04 Å². The van der Waals surface area contributed by atoms with E-state index in [1.165, 1.54) is 13.2 Å². The fourth-order valence-electron chi connectivity index (χ4n) is 1.98. The molecule has 6 heteroatoms. The molecule has 3 nitrogen and oxygen atoms in total. The molecule has 0 aliphatic carbocycles. The highest BCUT2D eigenvalue weighted by Crippen LogP contribution is 2.33. The van der Waals surface area contributed by atoms with Gasteiger partial charge in [0.15, 0.2) is 0 Å². The Bertz CT molecular complexity index is 459. The van der Waals surface area contributed by atoms with Crippen LogP contribution in [0.4, 0.5) is 13.2 Å². The number of hydrogen-bond donors (Lipinski definition) is 1. The number of benzene rings is 1. The zero-order valence-electron chi connectivity index (χ0n) is 9.62. The SMILES string of the molecule is COC(=O)[C@@H]1NC[C@H]1c1cccc(C(F)(F)F)c1. The number of halogens is 3. The van der Waals surface area contributed by atoms with Gasteiger partial charge in [-0.3, -0.25) is 4.79 Å². The summed E-state index contributed by atoms with van der Waals surface area (Å²) in [7, 11) is 1.26. The molecule has 1 aromatic carbocycles. The second kappa shape index (κ2) is 4.61. The van der Waals surface area contributed by atoms with Crippen molar-refractivity contribution in [1.29, 1.82) is 0 Å². The van der Waals surface area contributed by atoms with E-state index in [2.05, 4.69) is 10.1 Å². The Morgan fingerprint density at radius 1 is 1.44 bits per heavy atom. The van der Waals surface area contributed by atoms with Crippen molar-refractivity contribution >= 4 is 5.97 Å². The van der Waals surface area contributed by atoms with Gasteiger partial charge >= 0.3 is 12.1 Å². The number of nitrogens with one attached hydrogen (secondary N) is 1. The quantitative estimate of drug-likeness (QED) is 0.825. The van der Waals surface area contributed by atoms with Gasteiger partial charge in [-0.25, -0.2) is 0 Å². The average molecular weight is 259 g/mol. The highest BCUT2D eigenvalue weighted by atomic mass is 19.4. The fraction of sp³-hybridized carbons (Fsp3) is 0.417. The molecule has 0 spiro atoms. The van der Waals surface area contributed by atoms with E-state index in [1.807, 2.05) is 0 Å². The Labute approximate surface area is 102 Å².